The smallest absolute Gasteiger partial charge is 0.0529 e. The van der Waals surface area contributed by atoms with Crippen molar-refractivity contribution in [3.05, 3.63) is 66.2 Å². The van der Waals surface area contributed by atoms with Gasteiger partial charge in [-0.2, -0.15) is 0 Å². The molecule has 94 valence electrons. The summed E-state index contributed by atoms with van der Waals surface area (Å²) in [6.45, 7) is 0. The van der Waals surface area contributed by atoms with Crippen LogP contribution in [0, 0.1) is 0 Å². The Balaban J connectivity index is 1.72. The third-order valence-electron chi connectivity index (χ3n) is 2.89. The van der Waals surface area contributed by atoms with Gasteiger partial charge in [0.15, 0.2) is 0 Å². The topological polar surface area (TPSA) is 17.1 Å². The normalized spacial score (nSPS) is 12.2. The lowest BCUT2D eigenvalue weighted by Crippen LogP contribution is -1.98. The van der Waals surface area contributed by atoms with E-state index >= 15 is 0 Å². The Bertz CT molecular complexity index is 479. The van der Waals surface area contributed by atoms with Crippen LogP contribution in [-0.4, -0.2) is 9.96 Å². The highest BCUT2D eigenvalue weighted by Crippen LogP contribution is 2.09. The second-order valence-electron chi connectivity index (χ2n) is 4.31. The van der Waals surface area contributed by atoms with Crippen molar-refractivity contribution in [2.24, 2.45) is 0 Å². The van der Waals surface area contributed by atoms with Crippen molar-refractivity contribution in [3.63, 3.8) is 0 Å². The molecular weight excluding hydrogens is 240 g/mol. The van der Waals surface area contributed by atoms with Gasteiger partial charge in [-0.1, -0.05) is 48.5 Å². The summed E-state index contributed by atoms with van der Waals surface area (Å²) in [5.74, 6) is 0.761. The summed E-state index contributed by atoms with van der Waals surface area (Å²) in [6.07, 6.45) is 3.19. The van der Waals surface area contributed by atoms with Crippen molar-refractivity contribution in [1.29, 1.82) is 0 Å². The molecule has 0 N–H and O–H groups in total. The van der Waals surface area contributed by atoms with E-state index in [1.54, 1.807) is 0 Å². The predicted molar refractivity (Wildman–Crippen MR) is 77.1 cm³/mol. The highest BCUT2D eigenvalue weighted by Gasteiger charge is 2.02. The fourth-order valence-electron chi connectivity index (χ4n) is 1.90. The molecule has 0 aromatic heterocycles. The number of benzene rings is 2. The molecule has 0 fully saturated rings. The molecule has 0 bridgehead atoms. The molecule has 0 saturated carbocycles. The monoisotopic (exact) mass is 258 g/mol. The average Bonchev–Trinajstić information content (AvgIpc) is 2.45. The zero-order chi connectivity index (χ0) is 12.6. The molecule has 0 saturated heterocycles. The van der Waals surface area contributed by atoms with E-state index in [0.29, 0.717) is 0 Å². The van der Waals surface area contributed by atoms with Crippen molar-refractivity contribution in [1.82, 2.24) is 0 Å². The first-order chi connectivity index (χ1) is 8.86. The average molecular weight is 258 g/mol. The molecule has 2 aromatic rings. The van der Waals surface area contributed by atoms with Crippen molar-refractivity contribution in [2.45, 2.75) is 24.2 Å². The van der Waals surface area contributed by atoms with Gasteiger partial charge in [0, 0.05) is 10.6 Å². The van der Waals surface area contributed by atoms with Crippen molar-refractivity contribution < 1.29 is 4.21 Å². The molecule has 0 heterocycles. The number of hydrogen-bond acceptors (Lipinski definition) is 1. The molecular formula is C16H18OS. The number of hydrogen-bond donors (Lipinski definition) is 0. The van der Waals surface area contributed by atoms with E-state index in [1.807, 2.05) is 36.4 Å². The summed E-state index contributed by atoms with van der Waals surface area (Å²) in [6, 6.07) is 20.2. The van der Waals surface area contributed by atoms with Crippen LogP contribution in [0.2, 0.25) is 0 Å². The third-order valence-corrected chi connectivity index (χ3v) is 4.35. The van der Waals surface area contributed by atoms with E-state index < -0.39 is 10.8 Å². The summed E-state index contributed by atoms with van der Waals surface area (Å²) in [4.78, 5) is 0.942. The molecule has 2 aromatic carbocycles. The zero-order valence-corrected chi connectivity index (χ0v) is 11.2. The highest BCUT2D eigenvalue weighted by atomic mass is 32.2. The first-order valence-corrected chi connectivity index (χ1v) is 7.65. The maximum Gasteiger partial charge on any atom is 0.0529 e. The Labute approximate surface area is 111 Å². The van der Waals surface area contributed by atoms with Crippen LogP contribution in [0.3, 0.4) is 0 Å². The zero-order valence-electron chi connectivity index (χ0n) is 10.4. The van der Waals surface area contributed by atoms with Crippen LogP contribution in [0.5, 0.6) is 0 Å². The van der Waals surface area contributed by atoms with E-state index in [2.05, 4.69) is 24.3 Å². The van der Waals surface area contributed by atoms with Gasteiger partial charge in [0.05, 0.1) is 10.8 Å². The highest BCUT2D eigenvalue weighted by molar-refractivity contribution is 7.85. The summed E-state index contributed by atoms with van der Waals surface area (Å²) in [5, 5.41) is 0. The molecule has 1 atom stereocenters. The minimum absolute atomic E-state index is 0.761. The van der Waals surface area contributed by atoms with E-state index in [-0.39, 0.29) is 0 Å². The van der Waals surface area contributed by atoms with E-state index in [1.165, 1.54) is 5.56 Å². The Morgan fingerprint density at radius 3 is 2.06 bits per heavy atom. The fraction of sp³-hybridized carbons (Fsp3) is 0.250. The van der Waals surface area contributed by atoms with Gasteiger partial charge in [-0.25, -0.2) is 0 Å². The van der Waals surface area contributed by atoms with Crippen LogP contribution in [-0.2, 0) is 17.2 Å². The summed E-state index contributed by atoms with van der Waals surface area (Å²) < 4.78 is 12.0. The molecule has 0 aliphatic rings. The number of rotatable bonds is 6. The first kappa shape index (κ1) is 13.0. The van der Waals surface area contributed by atoms with Gasteiger partial charge < -0.3 is 0 Å². The molecule has 18 heavy (non-hydrogen) atoms. The van der Waals surface area contributed by atoms with Gasteiger partial charge in [0.2, 0.25) is 0 Å². The second-order valence-corrected chi connectivity index (χ2v) is 5.88. The van der Waals surface area contributed by atoms with Gasteiger partial charge in [-0.3, -0.25) is 4.21 Å². The molecule has 0 aliphatic carbocycles. The number of aryl methyl sites for hydroxylation is 1. The van der Waals surface area contributed by atoms with Crippen LogP contribution >= 0.6 is 0 Å². The SMILES string of the molecule is O=S(CCCCc1ccccc1)c1ccccc1. The summed E-state index contributed by atoms with van der Waals surface area (Å²) >= 11 is 0. The molecule has 2 rings (SSSR count). The largest absolute Gasteiger partial charge is 0.254 e. The maximum absolute atomic E-state index is 12.0. The van der Waals surface area contributed by atoms with Crippen LogP contribution in [0.25, 0.3) is 0 Å². The first-order valence-electron chi connectivity index (χ1n) is 6.33. The molecule has 1 unspecified atom stereocenters. The van der Waals surface area contributed by atoms with Crippen molar-refractivity contribution in [2.75, 3.05) is 5.75 Å². The standard InChI is InChI=1S/C16H18OS/c17-18(16-12-5-2-6-13-16)14-8-7-11-15-9-3-1-4-10-15/h1-6,9-10,12-13H,7-8,11,14H2. The van der Waals surface area contributed by atoms with Gasteiger partial charge in [0.1, 0.15) is 0 Å². The lowest BCUT2D eigenvalue weighted by atomic mass is 10.1. The van der Waals surface area contributed by atoms with Crippen LogP contribution in [0.1, 0.15) is 18.4 Å². The lowest BCUT2D eigenvalue weighted by molar-refractivity contribution is 0.677. The third kappa shape index (κ3) is 4.11. The quantitative estimate of drug-likeness (QED) is 0.720. The maximum atomic E-state index is 12.0. The van der Waals surface area contributed by atoms with Gasteiger partial charge in [-0.15, -0.1) is 0 Å². The fourth-order valence-corrected chi connectivity index (χ4v) is 3.06. The van der Waals surface area contributed by atoms with Crippen LogP contribution < -0.4 is 0 Å². The Morgan fingerprint density at radius 2 is 1.39 bits per heavy atom. The van der Waals surface area contributed by atoms with E-state index in [9.17, 15) is 4.21 Å². The van der Waals surface area contributed by atoms with Crippen LogP contribution in [0.15, 0.2) is 65.6 Å². The summed E-state index contributed by atoms with van der Waals surface area (Å²) in [7, 11) is -0.841. The molecule has 0 spiro atoms. The molecule has 0 radical (unpaired) electrons. The minimum Gasteiger partial charge on any atom is -0.254 e. The van der Waals surface area contributed by atoms with E-state index in [0.717, 1.165) is 29.9 Å². The second kappa shape index (κ2) is 7.12. The van der Waals surface area contributed by atoms with Gasteiger partial charge in [-0.05, 0) is 37.0 Å². The molecule has 1 nitrogen and oxygen atoms in total. The molecule has 2 heteroatoms. The van der Waals surface area contributed by atoms with Gasteiger partial charge >= 0.3 is 0 Å². The Kier molecular flexibility index (Phi) is 5.15. The summed E-state index contributed by atoms with van der Waals surface area (Å²) in [5.41, 5.74) is 1.36. The van der Waals surface area contributed by atoms with Crippen LogP contribution in [0.4, 0.5) is 0 Å². The lowest BCUT2D eigenvalue weighted by Gasteiger charge is -2.03. The molecule has 0 amide bonds. The minimum atomic E-state index is -0.841. The van der Waals surface area contributed by atoms with E-state index in [4.69, 9.17) is 0 Å². The number of unbranched alkanes of at least 4 members (excludes halogenated alkanes) is 1. The predicted octanol–water partition coefficient (Wildman–Crippen LogP) is 3.82. The Morgan fingerprint density at radius 1 is 0.778 bits per heavy atom. The van der Waals surface area contributed by atoms with Crippen molar-refractivity contribution in [3.8, 4) is 0 Å². The van der Waals surface area contributed by atoms with Crippen molar-refractivity contribution >= 4 is 10.8 Å². The Hall–Kier alpha value is -1.41. The van der Waals surface area contributed by atoms with Gasteiger partial charge in [0.25, 0.3) is 0 Å². The molecule has 0 aliphatic heterocycles.